The first-order chi connectivity index (χ1) is 7.33. The maximum atomic E-state index is 5.60. The maximum Gasteiger partial charge on any atom is 0.122 e. The van der Waals surface area contributed by atoms with Crippen LogP contribution >= 0.6 is 0 Å². The number of aromatic nitrogens is 2. The molecule has 0 radical (unpaired) electrons. The standard InChI is InChI=1S/C10H18N4O/c1-15-9(6-11)7-13-4-5-14-3-2-12-10(14)8-13/h2-3,9H,4-8,11H2,1H3. The largest absolute Gasteiger partial charge is 0.379 e. The number of methoxy groups -OCH3 is 1. The van der Waals surface area contributed by atoms with Crippen LogP contribution in [0.1, 0.15) is 5.82 Å². The first-order valence-corrected chi connectivity index (χ1v) is 5.28. The minimum absolute atomic E-state index is 0.131. The SMILES string of the molecule is COC(CN)CN1CCn2ccnc2C1. The number of hydrogen-bond donors (Lipinski definition) is 1. The molecule has 0 saturated heterocycles. The Morgan fingerprint density at radius 1 is 1.60 bits per heavy atom. The van der Waals surface area contributed by atoms with Crippen molar-refractivity contribution in [2.24, 2.45) is 5.73 Å². The molecule has 0 aromatic carbocycles. The van der Waals surface area contributed by atoms with Crippen molar-refractivity contribution in [1.82, 2.24) is 14.5 Å². The fourth-order valence-electron chi connectivity index (χ4n) is 1.91. The van der Waals surface area contributed by atoms with Gasteiger partial charge in [0.05, 0.1) is 12.6 Å². The molecule has 5 nitrogen and oxygen atoms in total. The molecular weight excluding hydrogens is 192 g/mol. The molecule has 0 saturated carbocycles. The normalized spacial score (nSPS) is 18.8. The fourth-order valence-corrected chi connectivity index (χ4v) is 1.91. The van der Waals surface area contributed by atoms with Gasteiger partial charge >= 0.3 is 0 Å². The highest BCUT2D eigenvalue weighted by atomic mass is 16.5. The molecule has 1 atom stereocenters. The van der Waals surface area contributed by atoms with E-state index in [0.29, 0.717) is 6.54 Å². The summed E-state index contributed by atoms with van der Waals surface area (Å²) < 4.78 is 7.47. The lowest BCUT2D eigenvalue weighted by Crippen LogP contribution is -2.41. The first kappa shape index (κ1) is 10.6. The zero-order valence-electron chi connectivity index (χ0n) is 9.09. The summed E-state index contributed by atoms with van der Waals surface area (Å²) >= 11 is 0. The van der Waals surface area contributed by atoms with Crippen molar-refractivity contribution in [2.75, 3.05) is 26.7 Å². The van der Waals surface area contributed by atoms with Crippen LogP contribution in [0.4, 0.5) is 0 Å². The Morgan fingerprint density at radius 3 is 3.20 bits per heavy atom. The van der Waals surface area contributed by atoms with E-state index in [2.05, 4.69) is 14.5 Å². The van der Waals surface area contributed by atoms with Crippen molar-refractivity contribution < 1.29 is 4.74 Å². The van der Waals surface area contributed by atoms with E-state index in [9.17, 15) is 0 Å². The Morgan fingerprint density at radius 2 is 2.47 bits per heavy atom. The third-order valence-electron chi connectivity index (χ3n) is 2.88. The molecule has 15 heavy (non-hydrogen) atoms. The number of nitrogens with two attached hydrogens (primary N) is 1. The average molecular weight is 210 g/mol. The number of rotatable bonds is 4. The molecule has 0 spiro atoms. The van der Waals surface area contributed by atoms with E-state index in [1.54, 1.807) is 7.11 Å². The molecule has 84 valence electrons. The molecule has 0 fully saturated rings. The Labute approximate surface area is 89.8 Å². The molecule has 1 aliphatic heterocycles. The van der Waals surface area contributed by atoms with E-state index in [1.165, 1.54) is 0 Å². The Bertz CT molecular complexity index is 308. The molecule has 2 N–H and O–H groups in total. The second-order valence-electron chi connectivity index (χ2n) is 3.87. The van der Waals surface area contributed by atoms with Crippen molar-refractivity contribution in [2.45, 2.75) is 19.2 Å². The van der Waals surface area contributed by atoms with Gasteiger partial charge in [0.25, 0.3) is 0 Å². The van der Waals surface area contributed by atoms with Crippen molar-refractivity contribution in [3.8, 4) is 0 Å². The molecule has 0 bridgehead atoms. The average Bonchev–Trinajstić information content (AvgIpc) is 2.73. The van der Waals surface area contributed by atoms with Crippen LogP contribution in [0, 0.1) is 0 Å². The predicted molar refractivity (Wildman–Crippen MR) is 57.4 cm³/mol. The highest BCUT2D eigenvalue weighted by molar-refractivity contribution is 4.95. The fraction of sp³-hybridized carbons (Fsp3) is 0.700. The Hall–Kier alpha value is -0.910. The summed E-state index contributed by atoms with van der Waals surface area (Å²) in [6.07, 6.45) is 4.02. The van der Waals surface area contributed by atoms with Crippen molar-refractivity contribution in [3.05, 3.63) is 18.2 Å². The van der Waals surface area contributed by atoms with E-state index in [1.807, 2.05) is 12.4 Å². The van der Waals surface area contributed by atoms with E-state index < -0.39 is 0 Å². The van der Waals surface area contributed by atoms with Gasteiger partial charge in [-0.15, -0.1) is 0 Å². The first-order valence-electron chi connectivity index (χ1n) is 5.28. The van der Waals surface area contributed by atoms with Crippen molar-refractivity contribution in [1.29, 1.82) is 0 Å². The molecular formula is C10H18N4O. The van der Waals surface area contributed by atoms with Gasteiger partial charge in [0.15, 0.2) is 0 Å². The molecule has 0 aliphatic carbocycles. The number of fused-ring (bicyclic) bond motifs is 1. The van der Waals surface area contributed by atoms with Crippen LogP contribution in [0.25, 0.3) is 0 Å². The summed E-state index contributed by atoms with van der Waals surface area (Å²) in [7, 11) is 1.71. The summed E-state index contributed by atoms with van der Waals surface area (Å²) in [6, 6.07) is 0. The van der Waals surface area contributed by atoms with Gasteiger partial charge in [-0.1, -0.05) is 0 Å². The van der Waals surface area contributed by atoms with Crippen molar-refractivity contribution >= 4 is 0 Å². The zero-order chi connectivity index (χ0) is 10.7. The predicted octanol–water partition coefficient (Wildman–Crippen LogP) is -0.328. The number of hydrogen-bond acceptors (Lipinski definition) is 4. The van der Waals surface area contributed by atoms with Crippen molar-refractivity contribution in [3.63, 3.8) is 0 Å². The van der Waals surface area contributed by atoms with Crippen LogP contribution < -0.4 is 5.73 Å². The van der Waals surface area contributed by atoms with E-state index in [0.717, 1.165) is 32.0 Å². The van der Waals surface area contributed by atoms with Crippen LogP contribution in [0.15, 0.2) is 12.4 Å². The van der Waals surface area contributed by atoms with E-state index >= 15 is 0 Å². The second kappa shape index (κ2) is 4.74. The lowest BCUT2D eigenvalue weighted by molar-refractivity contribution is 0.0599. The summed E-state index contributed by atoms with van der Waals surface area (Å²) in [5, 5.41) is 0. The Kier molecular flexibility index (Phi) is 3.35. The molecule has 2 rings (SSSR count). The zero-order valence-corrected chi connectivity index (χ0v) is 9.09. The molecule has 1 aliphatic rings. The monoisotopic (exact) mass is 210 g/mol. The number of imidazole rings is 1. The van der Waals surface area contributed by atoms with Gasteiger partial charge in [0, 0.05) is 45.7 Å². The van der Waals surface area contributed by atoms with Crippen LogP contribution in [-0.2, 0) is 17.8 Å². The van der Waals surface area contributed by atoms with Crippen LogP contribution in [0.3, 0.4) is 0 Å². The lowest BCUT2D eigenvalue weighted by Gasteiger charge is -2.29. The minimum atomic E-state index is 0.131. The highest BCUT2D eigenvalue weighted by Gasteiger charge is 2.19. The molecule has 1 unspecified atom stereocenters. The van der Waals surface area contributed by atoms with Gasteiger partial charge in [-0.2, -0.15) is 0 Å². The summed E-state index contributed by atoms with van der Waals surface area (Å²) in [4.78, 5) is 6.65. The highest BCUT2D eigenvalue weighted by Crippen LogP contribution is 2.10. The van der Waals surface area contributed by atoms with Gasteiger partial charge in [0.1, 0.15) is 5.82 Å². The smallest absolute Gasteiger partial charge is 0.122 e. The van der Waals surface area contributed by atoms with Gasteiger partial charge in [-0.3, -0.25) is 4.90 Å². The summed E-state index contributed by atoms with van der Waals surface area (Å²) in [6.45, 7) is 4.41. The third-order valence-corrected chi connectivity index (χ3v) is 2.88. The van der Waals surface area contributed by atoms with E-state index in [4.69, 9.17) is 10.5 Å². The topological polar surface area (TPSA) is 56.3 Å². The van der Waals surface area contributed by atoms with E-state index in [-0.39, 0.29) is 6.10 Å². The van der Waals surface area contributed by atoms with Crippen LogP contribution in [-0.4, -0.2) is 47.3 Å². The van der Waals surface area contributed by atoms with Gasteiger partial charge in [0.2, 0.25) is 0 Å². The lowest BCUT2D eigenvalue weighted by atomic mass is 10.3. The maximum absolute atomic E-state index is 5.60. The van der Waals surface area contributed by atoms with Gasteiger partial charge in [-0.25, -0.2) is 4.98 Å². The number of ether oxygens (including phenoxy) is 1. The quantitative estimate of drug-likeness (QED) is 0.739. The second-order valence-corrected chi connectivity index (χ2v) is 3.87. The number of nitrogens with zero attached hydrogens (tertiary/aromatic N) is 3. The molecule has 0 amide bonds. The Balaban J connectivity index is 1.92. The van der Waals surface area contributed by atoms with Crippen LogP contribution in [0.2, 0.25) is 0 Å². The van der Waals surface area contributed by atoms with Gasteiger partial charge in [-0.05, 0) is 0 Å². The molecule has 1 aromatic heterocycles. The minimum Gasteiger partial charge on any atom is -0.379 e. The molecule has 5 heteroatoms. The van der Waals surface area contributed by atoms with Crippen LogP contribution in [0.5, 0.6) is 0 Å². The third kappa shape index (κ3) is 2.37. The molecule has 1 aromatic rings. The summed E-state index contributed by atoms with van der Waals surface area (Å²) in [5.41, 5.74) is 5.60. The summed E-state index contributed by atoms with van der Waals surface area (Å²) in [5.74, 6) is 1.13. The van der Waals surface area contributed by atoms with Gasteiger partial charge < -0.3 is 15.0 Å². The molecule has 2 heterocycles.